The number of sulfonamides is 1. The van der Waals surface area contributed by atoms with Crippen molar-refractivity contribution in [1.82, 2.24) is 9.88 Å². The fourth-order valence-electron chi connectivity index (χ4n) is 2.74. The van der Waals surface area contributed by atoms with Crippen LogP contribution < -0.4 is 4.72 Å². The molecule has 0 aliphatic carbocycles. The SMILES string of the molecule is Cc1ccc(S(=O)(=O)Nc2nc(CC(=O)N3CCCCC3)cs2)cc1. The molecule has 1 aliphatic rings. The van der Waals surface area contributed by atoms with Gasteiger partial charge in [0.1, 0.15) is 0 Å². The Morgan fingerprint density at radius 1 is 1.20 bits per heavy atom. The van der Waals surface area contributed by atoms with Crippen LogP contribution in [0.5, 0.6) is 0 Å². The van der Waals surface area contributed by atoms with Gasteiger partial charge < -0.3 is 4.90 Å². The lowest BCUT2D eigenvalue weighted by atomic mass is 10.1. The van der Waals surface area contributed by atoms with Crippen LogP contribution in [0.4, 0.5) is 5.13 Å². The summed E-state index contributed by atoms with van der Waals surface area (Å²) >= 11 is 1.19. The zero-order valence-corrected chi connectivity index (χ0v) is 15.7. The number of carbonyl (C=O) groups excluding carboxylic acids is 1. The van der Waals surface area contributed by atoms with Crippen LogP contribution in [0.15, 0.2) is 34.5 Å². The average Bonchev–Trinajstić information content (AvgIpc) is 3.02. The molecule has 2 aromatic rings. The highest BCUT2D eigenvalue weighted by molar-refractivity contribution is 7.93. The predicted molar refractivity (Wildman–Crippen MR) is 98.2 cm³/mol. The lowest BCUT2D eigenvalue weighted by molar-refractivity contribution is -0.131. The smallest absolute Gasteiger partial charge is 0.263 e. The van der Waals surface area contributed by atoms with Gasteiger partial charge in [-0.15, -0.1) is 11.3 Å². The van der Waals surface area contributed by atoms with Crippen LogP contribution in [0.1, 0.15) is 30.5 Å². The minimum Gasteiger partial charge on any atom is -0.342 e. The third-order valence-electron chi connectivity index (χ3n) is 4.15. The van der Waals surface area contributed by atoms with Crippen LogP contribution in [-0.2, 0) is 21.2 Å². The number of piperidine rings is 1. The number of nitrogens with zero attached hydrogens (tertiary/aromatic N) is 2. The second-order valence-electron chi connectivity index (χ2n) is 6.18. The van der Waals surface area contributed by atoms with E-state index in [1.54, 1.807) is 29.6 Å². The molecule has 0 radical (unpaired) electrons. The molecular weight excluding hydrogens is 358 g/mol. The van der Waals surface area contributed by atoms with Gasteiger partial charge in [-0.25, -0.2) is 13.4 Å². The number of amides is 1. The molecule has 1 aromatic heterocycles. The molecule has 1 saturated heterocycles. The molecule has 1 amide bonds. The summed E-state index contributed by atoms with van der Waals surface area (Å²) in [6, 6.07) is 6.62. The second-order valence-corrected chi connectivity index (χ2v) is 8.72. The van der Waals surface area contributed by atoms with Gasteiger partial charge in [-0.3, -0.25) is 9.52 Å². The van der Waals surface area contributed by atoms with Crippen molar-refractivity contribution in [2.45, 2.75) is 37.5 Å². The lowest BCUT2D eigenvalue weighted by Crippen LogP contribution is -2.36. The summed E-state index contributed by atoms with van der Waals surface area (Å²) in [5.74, 6) is 0.0536. The summed E-state index contributed by atoms with van der Waals surface area (Å²) in [5.41, 5.74) is 1.59. The molecule has 25 heavy (non-hydrogen) atoms. The molecule has 3 rings (SSSR count). The van der Waals surface area contributed by atoms with Gasteiger partial charge in [-0.1, -0.05) is 17.7 Å². The van der Waals surface area contributed by atoms with E-state index in [9.17, 15) is 13.2 Å². The number of rotatable bonds is 5. The van der Waals surface area contributed by atoms with Crippen molar-refractivity contribution < 1.29 is 13.2 Å². The third-order valence-corrected chi connectivity index (χ3v) is 6.44. The molecular formula is C17H21N3O3S2. The molecule has 8 heteroatoms. The first-order valence-corrected chi connectivity index (χ1v) is 10.6. The van der Waals surface area contributed by atoms with Crippen LogP contribution in [0.3, 0.4) is 0 Å². The van der Waals surface area contributed by atoms with Crippen molar-refractivity contribution in [3.05, 3.63) is 40.9 Å². The van der Waals surface area contributed by atoms with E-state index >= 15 is 0 Å². The standard InChI is InChI=1S/C17H21N3O3S2/c1-13-5-7-15(8-6-13)25(22,23)19-17-18-14(12-24-17)11-16(21)20-9-3-2-4-10-20/h5-8,12H,2-4,9-11H2,1H3,(H,18,19). The maximum Gasteiger partial charge on any atom is 0.263 e. The van der Waals surface area contributed by atoms with Crippen molar-refractivity contribution in [2.24, 2.45) is 0 Å². The number of anilines is 1. The molecule has 1 aromatic carbocycles. The molecule has 0 atom stereocenters. The Hall–Kier alpha value is -1.93. The van der Waals surface area contributed by atoms with Gasteiger partial charge in [0, 0.05) is 18.5 Å². The molecule has 0 saturated carbocycles. The van der Waals surface area contributed by atoms with Gasteiger partial charge >= 0.3 is 0 Å². The fourth-order valence-corrected chi connectivity index (χ4v) is 4.70. The predicted octanol–water partition coefficient (Wildman–Crippen LogP) is 2.81. The van der Waals surface area contributed by atoms with Crippen LogP contribution in [-0.4, -0.2) is 37.3 Å². The summed E-state index contributed by atoms with van der Waals surface area (Å²) < 4.78 is 27.2. The van der Waals surface area contributed by atoms with Gasteiger partial charge in [0.25, 0.3) is 10.0 Å². The fraction of sp³-hybridized carbons (Fsp3) is 0.412. The first kappa shape index (κ1) is 17.9. The Balaban J connectivity index is 1.65. The van der Waals surface area contributed by atoms with E-state index in [-0.39, 0.29) is 22.4 Å². The Morgan fingerprint density at radius 2 is 1.88 bits per heavy atom. The highest BCUT2D eigenvalue weighted by atomic mass is 32.2. The van der Waals surface area contributed by atoms with Gasteiger partial charge in [0.2, 0.25) is 5.91 Å². The van der Waals surface area contributed by atoms with E-state index in [0.29, 0.717) is 5.69 Å². The minimum atomic E-state index is -3.66. The normalized spacial score (nSPS) is 15.2. The maximum atomic E-state index is 12.4. The first-order chi connectivity index (χ1) is 11.9. The largest absolute Gasteiger partial charge is 0.342 e. The highest BCUT2D eigenvalue weighted by Crippen LogP contribution is 2.21. The van der Waals surface area contributed by atoms with Crippen LogP contribution >= 0.6 is 11.3 Å². The van der Waals surface area contributed by atoms with Gasteiger partial charge in [0.15, 0.2) is 5.13 Å². The Kier molecular flexibility index (Phi) is 5.39. The molecule has 2 heterocycles. The maximum absolute atomic E-state index is 12.4. The molecule has 134 valence electrons. The number of aromatic nitrogens is 1. The zero-order valence-electron chi connectivity index (χ0n) is 14.1. The number of carbonyl (C=O) groups is 1. The van der Waals surface area contributed by atoms with Gasteiger partial charge in [-0.2, -0.15) is 0 Å². The zero-order chi connectivity index (χ0) is 17.9. The lowest BCUT2D eigenvalue weighted by Gasteiger charge is -2.26. The van der Waals surface area contributed by atoms with Gasteiger partial charge in [-0.05, 0) is 38.3 Å². The van der Waals surface area contributed by atoms with Crippen molar-refractivity contribution in [1.29, 1.82) is 0 Å². The molecule has 0 bridgehead atoms. The number of likely N-dealkylation sites (tertiary alicyclic amines) is 1. The van der Waals surface area contributed by atoms with Crippen molar-refractivity contribution >= 4 is 32.4 Å². The molecule has 1 aliphatic heterocycles. The third kappa shape index (κ3) is 4.58. The van der Waals surface area contributed by atoms with Crippen molar-refractivity contribution in [3.63, 3.8) is 0 Å². The summed E-state index contributed by atoms with van der Waals surface area (Å²) in [7, 11) is -3.66. The Bertz CT molecular complexity index is 838. The number of hydrogen-bond donors (Lipinski definition) is 1. The van der Waals surface area contributed by atoms with E-state index in [4.69, 9.17) is 0 Å². The topological polar surface area (TPSA) is 79.4 Å². The summed E-state index contributed by atoms with van der Waals surface area (Å²) in [5, 5.41) is 2.01. The molecule has 0 unspecified atom stereocenters. The van der Waals surface area contributed by atoms with Crippen molar-refractivity contribution in [3.8, 4) is 0 Å². The summed E-state index contributed by atoms with van der Waals surface area (Å²) in [6.45, 7) is 3.50. The summed E-state index contributed by atoms with van der Waals surface area (Å²) in [4.78, 5) is 18.6. The van der Waals surface area contributed by atoms with Crippen LogP contribution in [0.25, 0.3) is 0 Å². The van der Waals surface area contributed by atoms with E-state index in [1.807, 2.05) is 11.8 Å². The van der Waals surface area contributed by atoms with E-state index in [2.05, 4.69) is 9.71 Å². The van der Waals surface area contributed by atoms with E-state index in [1.165, 1.54) is 17.8 Å². The minimum absolute atomic E-state index is 0.0536. The number of hydrogen-bond acceptors (Lipinski definition) is 5. The summed E-state index contributed by atoms with van der Waals surface area (Å²) in [6.07, 6.45) is 3.48. The number of aryl methyl sites for hydroxylation is 1. The number of thiazole rings is 1. The molecule has 0 spiro atoms. The van der Waals surface area contributed by atoms with Gasteiger partial charge in [0.05, 0.1) is 17.0 Å². The Morgan fingerprint density at radius 3 is 2.56 bits per heavy atom. The Labute approximate surface area is 151 Å². The average molecular weight is 380 g/mol. The molecule has 6 nitrogen and oxygen atoms in total. The van der Waals surface area contributed by atoms with Crippen LogP contribution in [0.2, 0.25) is 0 Å². The second kappa shape index (κ2) is 7.53. The number of nitrogens with one attached hydrogen (secondary N) is 1. The monoisotopic (exact) mass is 379 g/mol. The molecule has 1 N–H and O–H groups in total. The first-order valence-electron chi connectivity index (χ1n) is 8.26. The van der Waals surface area contributed by atoms with Crippen LogP contribution in [0, 0.1) is 6.92 Å². The van der Waals surface area contributed by atoms with E-state index < -0.39 is 10.0 Å². The quantitative estimate of drug-likeness (QED) is 0.866. The van der Waals surface area contributed by atoms with E-state index in [0.717, 1.165) is 31.5 Å². The highest BCUT2D eigenvalue weighted by Gasteiger charge is 2.19. The molecule has 1 fully saturated rings. The van der Waals surface area contributed by atoms with Crippen molar-refractivity contribution in [2.75, 3.05) is 17.8 Å². The number of benzene rings is 1.